The number of halogens is 1. The van der Waals surface area contributed by atoms with Crippen molar-refractivity contribution in [1.82, 2.24) is 4.90 Å². The maximum Gasteiger partial charge on any atom is 0.0213 e. The molecule has 1 saturated heterocycles. The van der Waals surface area contributed by atoms with Gasteiger partial charge >= 0.3 is 0 Å². The van der Waals surface area contributed by atoms with Crippen LogP contribution in [0.4, 0.5) is 0 Å². The molecule has 0 spiro atoms. The van der Waals surface area contributed by atoms with Crippen LogP contribution in [-0.4, -0.2) is 30.6 Å². The highest BCUT2D eigenvalue weighted by atomic mass is 79.9. The fourth-order valence-electron chi connectivity index (χ4n) is 2.73. The number of likely N-dealkylation sites (tertiary alicyclic amines) is 1. The first-order valence-electron chi connectivity index (χ1n) is 6.61. The van der Waals surface area contributed by atoms with Crippen LogP contribution >= 0.6 is 15.9 Å². The third kappa shape index (κ3) is 3.56. The molecule has 2 N–H and O–H groups in total. The molecule has 1 aromatic rings. The Hall–Kier alpha value is -0.380. The van der Waals surface area contributed by atoms with Gasteiger partial charge in [-0.1, -0.05) is 28.1 Å². The largest absolute Gasteiger partial charge is 0.325 e. The Morgan fingerprint density at radius 1 is 1.44 bits per heavy atom. The van der Waals surface area contributed by atoms with E-state index in [-0.39, 0.29) is 5.54 Å². The average molecular weight is 311 g/mol. The second kappa shape index (κ2) is 5.32. The second-order valence-corrected chi connectivity index (χ2v) is 7.12. The molecule has 1 fully saturated rings. The van der Waals surface area contributed by atoms with Crippen molar-refractivity contribution in [3.8, 4) is 0 Å². The number of benzene rings is 1. The van der Waals surface area contributed by atoms with E-state index in [0.29, 0.717) is 5.92 Å². The summed E-state index contributed by atoms with van der Waals surface area (Å²) in [4.78, 5) is 2.40. The molecule has 0 saturated carbocycles. The van der Waals surface area contributed by atoms with Gasteiger partial charge in [-0.3, -0.25) is 0 Å². The van der Waals surface area contributed by atoms with Gasteiger partial charge in [0.1, 0.15) is 0 Å². The molecule has 0 aromatic heterocycles. The maximum absolute atomic E-state index is 6.07. The van der Waals surface area contributed by atoms with E-state index in [2.05, 4.69) is 59.9 Å². The Bertz CT molecular complexity index is 423. The topological polar surface area (TPSA) is 29.3 Å². The Labute approximate surface area is 119 Å². The fraction of sp³-hybridized carbons (Fsp3) is 0.600. The Balaban J connectivity index is 2.15. The first-order valence-corrected chi connectivity index (χ1v) is 7.40. The standard InChI is InChI=1S/C15H23BrN2/c1-15(2,17)9-11-4-5-13(14(16)8-11)12-6-7-18(3)10-12/h4-5,8,12H,6-7,9-10,17H2,1-3H3. The summed E-state index contributed by atoms with van der Waals surface area (Å²) in [6, 6.07) is 6.74. The molecule has 1 aromatic carbocycles. The van der Waals surface area contributed by atoms with Gasteiger partial charge in [-0.05, 0) is 63.4 Å². The summed E-state index contributed by atoms with van der Waals surface area (Å²) in [5, 5.41) is 0. The Morgan fingerprint density at radius 2 is 2.17 bits per heavy atom. The van der Waals surface area contributed by atoms with Crippen molar-refractivity contribution in [1.29, 1.82) is 0 Å². The summed E-state index contributed by atoms with van der Waals surface area (Å²) in [6.07, 6.45) is 2.17. The van der Waals surface area contributed by atoms with Gasteiger partial charge in [0.25, 0.3) is 0 Å². The van der Waals surface area contributed by atoms with E-state index in [0.717, 1.165) is 6.42 Å². The Morgan fingerprint density at radius 3 is 2.67 bits per heavy atom. The van der Waals surface area contributed by atoms with E-state index in [4.69, 9.17) is 5.73 Å². The third-order valence-electron chi connectivity index (χ3n) is 3.56. The van der Waals surface area contributed by atoms with Gasteiger partial charge < -0.3 is 10.6 Å². The minimum absolute atomic E-state index is 0.144. The lowest BCUT2D eigenvalue weighted by molar-refractivity contribution is 0.411. The molecule has 0 radical (unpaired) electrons. The molecule has 1 aliphatic heterocycles. The van der Waals surface area contributed by atoms with E-state index in [1.807, 2.05) is 0 Å². The van der Waals surface area contributed by atoms with Gasteiger partial charge in [0.05, 0.1) is 0 Å². The van der Waals surface area contributed by atoms with Crippen LogP contribution in [0.15, 0.2) is 22.7 Å². The molecule has 0 bridgehead atoms. The highest BCUT2D eigenvalue weighted by Crippen LogP contribution is 2.32. The maximum atomic E-state index is 6.07. The molecule has 1 atom stereocenters. The summed E-state index contributed by atoms with van der Waals surface area (Å²) >= 11 is 3.73. The molecule has 2 nitrogen and oxygen atoms in total. The lowest BCUT2D eigenvalue weighted by Gasteiger charge is -2.20. The first kappa shape index (κ1) is 14.0. The number of rotatable bonds is 3. The van der Waals surface area contributed by atoms with Gasteiger partial charge in [0.2, 0.25) is 0 Å². The van der Waals surface area contributed by atoms with E-state index in [9.17, 15) is 0 Å². The second-order valence-electron chi connectivity index (χ2n) is 6.27. The van der Waals surface area contributed by atoms with Crippen LogP contribution in [0, 0.1) is 0 Å². The molecule has 1 heterocycles. The zero-order valence-electron chi connectivity index (χ0n) is 11.5. The SMILES string of the molecule is CN1CCC(c2ccc(CC(C)(C)N)cc2Br)C1. The van der Waals surface area contributed by atoms with E-state index in [1.165, 1.54) is 35.1 Å². The number of nitrogens with zero attached hydrogens (tertiary/aromatic N) is 1. The van der Waals surface area contributed by atoms with Crippen LogP contribution in [0.3, 0.4) is 0 Å². The normalized spacial score (nSPS) is 21.5. The van der Waals surface area contributed by atoms with Gasteiger partial charge in [0.15, 0.2) is 0 Å². The van der Waals surface area contributed by atoms with Gasteiger partial charge in [0, 0.05) is 16.6 Å². The highest BCUT2D eigenvalue weighted by molar-refractivity contribution is 9.10. The van der Waals surface area contributed by atoms with Crippen LogP contribution < -0.4 is 5.73 Å². The molecule has 3 heteroatoms. The van der Waals surface area contributed by atoms with Crippen LogP contribution in [0.25, 0.3) is 0 Å². The zero-order valence-corrected chi connectivity index (χ0v) is 13.1. The molecule has 2 rings (SSSR count). The summed E-state index contributed by atoms with van der Waals surface area (Å²) in [6.45, 7) is 6.51. The molecule has 1 unspecified atom stereocenters. The van der Waals surface area contributed by atoms with Crippen molar-refractivity contribution < 1.29 is 0 Å². The predicted molar refractivity (Wildman–Crippen MR) is 81.0 cm³/mol. The minimum Gasteiger partial charge on any atom is -0.325 e. The van der Waals surface area contributed by atoms with E-state index < -0.39 is 0 Å². The van der Waals surface area contributed by atoms with Crippen LogP contribution in [0.2, 0.25) is 0 Å². The average Bonchev–Trinajstić information content (AvgIpc) is 2.62. The molecule has 1 aliphatic rings. The number of likely N-dealkylation sites (N-methyl/N-ethyl adjacent to an activating group) is 1. The number of hydrogen-bond donors (Lipinski definition) is 1. The molecule has 0 aliphatic carbocycles. The monoisotopic (exact) mass is 310 g/mol. The van der Waals surface area contributed by atoms with Crippen LogP contribution in [-0.2, 0) is 6.42 Å². The van der Waals surface area contributed by atoms with E-state index >= 15 is 0 Å². The van der Waals surface area contributed by atoms with Crippen molar-refractivity contribution in [3.05, 3.63) is 33.8 Å². The van der Waals surface area contributed by atoms with Gasteiger partial charge in [-0.2, -0.15) is 0 Å². The highest BCUT2D eigenvalue weighted by Gasteiger charge is 2.23. The van der Waals surface area contributed by atoms with Crippen molar-refractivity contribution in [2.45, 2.75) is 38.1 Å². The van der Waals surface area contributed by atoms with Gasteiger partial charge in [-0.25, -0.2) is 0 Å². The van der Waals surface area contributed by atoms with Crippen molar-refractivity contribution in [2.24, 2.45) is 5.73 Å². The predicted octanol–water partition coefficient (Wildman–Crippen LogP) is 3.15. The fourth-order valence-corrected chi connectivity index (χ4v) is 3.48. The van der Waals surface area contributed by atoms with Gasteiger partial charge in [-0.15, -0.1) is 0 Å². The van der Waals surface area contributed by atoms with Crippen molar-refractivity contribution in [3.63, 3.8) is 0 Å². The lowest BCUT2D eigenvalue weighted by Crippen LogP contribution is -2.34. The summed E-state index contributed by atoms with van der Waals surface area (Å²) < 4.78 is 1.24. The van der Waals surface area contributed by atoms with E-state index in [1.54, 1.807) is 0 Å². The quantitative estimate of drug-likeness (QED) is 0.929. The smallest absolute Gasteiger partial charge is 0.0213 e. The molecular weight excluding hydrogens is 288 g/mol. The van der Waals surface area contributed by atoms with Crippen LogP contribution in [0.1, 0.15) is 37.3 Å². The first-order chi connectivity index (χ1) is 8.35. The summed E-state index contributed by atoms with van der Waals surface area (Å²) in [7, 11) is 2.19. The van der Waals surface area contributed by atoms with Crippen LogP contribution in [0.5, 0.6) is 0 Å². The molecule has 18 heavy (non-hydrogen) atoms. The van der Waals surface area contributed by atoms with Crippen molar-refractivity contribution >= 4 is 15.9 Å². The van der Waals surface area contributed by atoms with Crippen molar-refractivity contribution in [2.75, 3.05) is 20.1 Å². The lowest BCUT2D eigenvalue weighted by atomic mass is 9.92. The zero-order chi connectivity index (χ0) is 13.3. The molecule has 0 amide bonds. The summed E-state index contributed by atoms with van der Waals surface area (Å²) in [5.74, 6) is 0.671. The third-order valence-corrected chi connectivity index (χ3v) is 4.24. The number of nitrogens with two attached hydrogens (primary N) is 1. The minimum atomic E-state index is -0.144. The number of hydrogen-bond acceptors (Lipinski definition) is 2. The summed E-state index contributed by atoms with van der Waals surface area (Å²) in [5.41, 5.74) is 8.68. The molecular formula is C15H23BrN2. The Kier molecular flexibility index (Phi) is 4.15. The molecule has 100 valence electrons.